The zero-order valence-corrected chi connectivity index (χ0v) is 11.4. The smallest absolute Gasteiger partial charge is 0.194 e. The van der Waals surface area contributed by atoms with E-state index >= 15 is 0 Å². The quantitative estimate of drug-likeness (QED) is 0.782. The molecule has 0 amide bonds. The minimum Gasteiger partial charge on any atom is -0.298 e. The van der Waals surface area contributed by atoms with Crippen LogP contribution in [0.3, 0.4) is 0 Å². The van der Waals surface area contributed by atoms with E-state index in [2.05, 4.69) is 23.4 Å². The zero-order chi connectivity index (χ0) is 12.6. The van der Waals surface area contributed by atoms with Crippen LogP contribution >= 0.6 is 11.3 Å². The highest BCUT2D eigenvalue weighted by Crippen LogP contribution is 2.26. The summed E-state index contributed by atoms with van der Waals surface area (Å²) in [7, 11) is 0. The average Bonchev–Trinajstić information content (AvgIpc) is 2.79. The van der Waals surface area contributed by atoms with Gasteiger partial charge in [-0.15, -0.1) is 11.3 Å². The molecule has 4 heteroatoms. The summed E-state index contributed by atoms with van der Waals surface area (Å²) in [6.07, 6.45) is 1.85. The number of aldehydes is 1. The molecule has 2 aromatic heterocycles. The number of rotatable bonds is 3. The molecule has 2 aromatic rings. The van der Waals surface area contributed by atoms with Crippen LogP contribution < -0.4 is 0 Å². The largest absolute Gasteiger partial charge is 0.298 e. The Kier molecular flexibility index (Phi) is 3.15. The topological polar surface area (TPSA) is 34.9 Å². The molecule has 3 nitrogen and oxygen atoms in total. The van der Waals surface area contributed by atoms with E-state index in [-0.39, 0.29) is 0 Å². The zero-order valence-electron chi connectivity index (χ0n) is 10.6. The predicted octanol–water partition coefficient (Wildman–Crippen LogP) is 3.23. The molecule has 0 radical (unpaired) electrons. The Morgan fingerprint density at radius 1 is 1.41 bits per heavy atom. The van der Waals surface area contributed by atoms with E-state index in [0.717, 1.165) is 40.5 Å². The molecule has 0 saturated carbocycles. The van der Waals surface area contributed by atoms with E-state index in [1.54, 1.807) is 11.3 Å². The van der Waals surface area contributed by atoms with Gasteiger partial charge in [0.2, 0.25) is 0 Å². The number of carbonyl (C=O) groups excluding carboxylic acids is 1. The fourth-order valence-corrected chi connectivity index (χ4v) is 3.15. The van der Waals surface area contributed by atoms with Crippen molar-refractivity contribution >= 4 is 17.6 Å². The third-order valence-corrected chi connectivity index (χ3v) is 4.00. The normalized spacial score (nSPS) is 10.8. The van der Waals surface area contributed by atoms with Crippen LogP contribution in [0.1, 0.15) is 39.2 Å². The van der Waals surface area contributed by atoms with Gasteiger partial charge in [-0.1, -0.05) is 6.92 Å². The van der Waals surface area contributed by atoms with Crippen molar-refractivity contribution < 1.29 is 4.79 Å². The highest BCUT2D eigenvalue weighted by molar-refractivity contribution is 7.14. The number of carbonyl (C=O) groups is 1. The fourth-order valence-electron chi connectivity index (χ4n) is 2.04. The molecule has 0 N–H and O–H groups in total. The van der Waals surface area contributed by atoms with Gasteiger partial charge >= 0.3 is 0 Å². The van der Waals surface area contributed by atoms with Gasteiger partial charge in [-0.3, -0.25) is 9.36 Å². The molecule has 0 unspecified atom stereocenters. The lowest BCUT2D eigenvalue weighted by Crippen LogP contribution is -1.99. The monoisotopic (exact) mass is 248 g/mol. The van der Waals surface area contributed by atoms with Crippen LogP contribution in [0.5, 0.6) is 0 Å². The number of hydrogen-bond donors (Lipinski definition) is 0. The average molecular weight is 248 g/mol. The van der Waals surface area contributed by atoms with Gasteiger partial charge in [0.25, 0.3) is 0 Å². The molecule has 0 saturated heterocycles. The van der Waals surface area contributed by atoms with Crippen molar-refractivity contribution in [2.45, 2.75) is 34.1 Å². The van der Waals surface area contributed by atoms with Gasteiger partial charge in [0, 0.05) is 21.8 Å². The first-order valence-corrected chi connectivity index (χ1v) is 6.51. The van der Waals surface area contributed by atoms with E-state index in [1.807, 2.05) is 19.9 Å². The van der Waals surface area contributed by atoms with Gasteiger partial charge < -0.3 is 0 Å². The Balaban J connectivity index is 2.59. The van der Waals surface area contributed by atoms with Crippen molar-refractivity contribution in [3.8, 4) is 5.13 Å². The number of aromatic nitrogens is 2. The van der Waals surface area contributed by atoms with Gasteiger partial charge in [-0.25, -0.2) is 4.98 Å². The Labute approximate surface area is 105 Å². The van der Waals surface area contributed by atoms with Crippen molar-refractivity contribution in [2.24, 2.45) is 0 Å². The third-order valence-electron chi connectivity index (χ3n) is 3.00. The van der Waals surface area contributed by atoms with Gasteiger partial charge in [0.1, 0.15) is 0 Å². The predicted molar refractivity (Wildman–Crippen MR) is 70.4 cm³/mol. The van der Waals surface area contributed by atoms with E-state index in [9.17, 15) is 4.79 Å². The lowest BCUT2D eigenvalue weighted by atomic mass is 10.3. The molecule has 0 spiro atoms. The van der Waals surface area contributed by atoms with E-state index in [1.165, 1.54) is 4.88 Å². The minimum absolute atomic E-state index is 0.744. The molecule has 17 heavy (non-hydrogen) atoms. The maximum atomic E-state index is 10.9. The van der Waals surface area contributed by atoms with Crippen molar-refractivity contribution in [2.75, 3.05) is 0 Å². The Morgan fingerprint density at radius 3 is 2.59 bits per heavy atom. The standard InChI is InChI=1S/C13H16N2OS/c1-5-12-10(4)17-13(14-12)15-8(2)6-11(7-16)9(15)3/h6-7H,5H2,1-4H3. The summed E-state index contributed by atoms with van der Waals surface area (Å²) in [5.41, 5.74) is 3.91. The van der Waals surface area contributed by atoms with Gasteiger partial charge in [0.05, 0.1) is 5.69 Å². The first-order chi connectivity index (χ1) is 8.08. The van der Waals surface area contributed by atoms with Crippen LogP contribution in [0, 0.1) is 20.8 Å². The van der Waals surface area contributed by atoms with Gasteiger partial charge in [-0.05, 0) is 33.3 Å². The maximum Gasteiger partial charge on any atom is 0.194 e. The summed E-state index contributed by atoms with van der Waals surface area (Å²) >= 11 is 1.68. The second-order valence-corrected chi connectivity index (χ2v) is 5.31. The Morgan fingerprint density at radius 2 is 2.12 bits per heavy atom. The molecule has 0 aliphatic rings. The van der Waals surface area contributed by atoms with Crippen molar-refractivity contribution in [3.05, 3.63) is 33.6 Å². The van der Waals surface area contributed by atoms with Crippen LogP contribution in [0.2, 0.25) is 0 Å². The summed E-state index contributed by atoms with van der Waals surface area (Å²) in [6, 6.07) is 1.91. The number of thiazole rings is 1. The summed E-state index contributed by atoms with van der Waals surface area (Å²) in [5.74, 6) is 0. The summed E-state index contributed by atoms with van der Waals surface area (Å²) in [6.45, 7) is 8.16. The SMILES string of the molecule is CCc1nc(-n2c(C)cc(C=O)c2C)sc1C. The number of aryl methyl sites for hydroxylation is 3. The molecule has 0 aliphatic heterocycles. The first-order valence-electron chi connectivity index (χ1n) is 5.69. The van der Waals surface area contributed by atoms with E-state index < -0.39 is 0 Å². The van der Waals surface area contributed by atoms with E-state index in [4.69, 9.17) is 0 Å². The fraction of sp³-hybridized carbons (Fsp3) is 0.385. The molecule has 0 fully saturated rings. The molecule has 2 heterocycles. The summed E-state index contributed by atoms with van der Waals surface area (Å²) < 4.78 is 2.06. The van der Waals surface area contributed by atoms with Crippen LogP contribution in [-0.2, 0) is 6.42 Å². The molecule has 90 valence electrons. The van der Waals surface area contributed by atoms with Crippen molar-refractivity contribution in [3.63, 3.8) is 0 Å². The lowest BCUT2D eigenvalue weighted by Gasteiger charge is -2.04. The first kappa shape index (κ1) is 12.0. The van der Waals surface area contributed by atoms with Crippen molar-refractivity contribution in [1.29, 1.82) is 0 Å². The summed E-state index contributed by atoms with van der Waals surface area (Å²) in [4.78, 5) is 16.8. The number of nitrogens with zero attached hydrogens (tertiary/aromatic N) is 2. The summed E-state index contributed by atoms with van der Waals surface area (Å²) in [5, 5.41) is 0.961. The molecule has 0 atom stereocenters. The van der Waals surface area contributed by atoms with Crippen LogP contribution in [0.15, 0.2) is 6.07 Å². The van der Waals surface area contributed by atoms with Crippen molar-refractivity contribution in [1.82, 2.24) is 9.55 Å². The highest BCUT2D eigenvalue weighted by atomic mass is 32.1. The molecule has 0 aromatic carbocycles. The van der Waals surface area contributed by atoms with E-state index in [0.29, 0.717) is 0 Å². The molecule has 2 rings (SSSR count). The lowest BCUT2D eigenvalue weighted by molar-refractivity contribution is 0.112. The van der Waals surface area contributed by atoms with Crippen LogP contribution in [0.25, 0.3) is 5.13 Å². The van der Waals surface area contributed by atoms with Crippen LogP contribution in [0.4, 0.5) is 0 Å². The highest BCUT2D eigenvalue weighted by Gasteiger charge is 2.14. The second kappa shape index (κ2) is 4.45. The van der Waals surface area contributed by atoms with Gasteiger partial charge in [-0.2, -0.15) is 0 Å². The molecular formula is C13H16N2OS. The minimum atomic E-state index is 0.744. The molecule has 0 aliphatic carbocycles. The number of hydrogen-bond acceptors (Lipinski definition) is 3. The Bertz CT molecular complexity index is 566. The second-order valence-electron chi connectivity index (χ2n) is 4.13. The third kappa shape index (κ3) is 1.93. The van der Waals surface area contributed by atoms with Crippen LogP contribution in [-0.4, -0.2) is 15.8 Å². The molecular weight excluding hydrogens is 232 g/mol. The maximum absolute atomic E-state index is 10.9. The Hall–Kier alpha value is -1.42. The van der Waals surface area contributed by atoms with Gasteiger partial charge in [0.15, 0.2) is 11.4 Å². The molecule has 0 bridgehead atoms.